The van der Waals surface area contributed by atoms with Crippen LogP contribution in [0.5, 0.6) is 0 Å². The minimum atomic E-state index is -2.87. The van der Waals surface area contributed by atoms with E-state index in [1.54, 1.807) is 0 Å². The van der Waals surface area contributed by atoms with Crippen molar-refractivity contribution in [1.29, 1.82) is 0 Å². The zero-order valence-corrected chi connectivity index (χ0v) is 24.4. The van der Waals surface area contributed by atoms with E-state index < -0.39 is 14.4 Å². The summed E-state index contributed by atoms with van der Waals surface area (Å²) in [5.74, 6) is -0.312. The Bertz CT molecular complexity index is 1110. The molecule has 1 heterocycles. The maximum atomic E-state index is 12.5. The number of carbonyl (C=O) groups is 1. The first-order valence-electron chi connectivity index (χ1n) is 12.6. The molecule has 0 radical (unpaired) electrons. The first-order chi connectivity index (χ1) is 17.7. The molecule has 0 bridgehead atoms. The third-order valence-corrected chi connectivity index (χ3v) is 12.4. The second kappa shape index (κ2) is 12.0. The molecule has 37 heavy (non-hydrogen) atoms. The molecule has 3 aromatic rings. The first-order valence-corrected chi connectivity index (χ1v) is 15.3. The standard InChI is InChI=1S/C30H35BrO5Si/c1-30(2,3)37(24-11-7-5-8-12-24,25-13-9-6-10-14-25)36-26(19-28(32)33-4)29-27(35-29)21-34-20-22-15-17-23(31)18-16-22/h5-18,26-27,29H,19-21H2,1-4H3/t26-,27+,29-/m0/s1. The maximum Gasteiger partial charge on any atom is 0.308 e. The van der Waals surface area contributed by atoms with Gasteiger partial charge in [0.05, 0.1) is 32.8 Å². The molecule has 3 aromatic carbocycles. The SMILES string of the molecule is COC(=O)C[C@H](O[Si](c1ccccc1)(c1ccccc1)C(C)(C)C)[C@@H]1O[C@@H]1COCc1ccc(Br)cc1. The molecule has 0 unspecified atom stereocenters. The molecule has 7 heteroatoms. The van der Waals surface area contributed by atoms with E-state index in [-0.39, 0.29) is 29.6 Å². The third-order valence-electron chi connectivity index (χ3n) is 6.79. The van der Waals surface area contributed by atoms with Crippen molar-refractivity contribution in [3.8, 4) is 0 Å². The maximum absolute atomic E-state index is 12.5. The van der Waals surface area contributed by atoms with Crippen LogP contribution in [-0.2, 0) is 30.0 Å². The van der Waals surface area contributed by atoms with E-state index in [0.29, 0.717) is 13.2 Å². The van der Waals surface area contributed by atoms with Gasteiger partial charge in [0.15, 0.2) is 0 Å². The van der Waals surface area contributed by atoms with Crippen LogP contribution in [0.3, 0.4) is 0 Å². The molecule has 4 rings (SSSR count). The van der Waals surface area contributed by atoms with Gasteiger partial charge in [0.25, 0.3) is 8.32 Å². The van der Waals surface area contributed by atoms with Crippen molar-refractivity contribution in [2.45, 2.75) is 57.1 Å². The van der Waals surface area contributed by atoms with Crippen molar-refractivity contribution in [2.75, 3.05) is 13.7 Å². The lowest BCUT2D eigenvalue weighted by Gasteiger charge is -2.45. The number of esters is 1. The average Bonchev–Trinajstić information content (AvgIpc) is 3.67. The molecule has 0 N–H and O–H groups in total. The molecule has 1 fully saturated rings. The number of rotatable bonds is 11. The lowest BCUT2D eigenvalue weighted by Crippen LogP contribution is -2.68. The molecule has 0 aromatic heterocycles. The summed E-state index contributed by atoms with van der Waals surface area (Å²) in [6.45, 7) is 7.60. The zero-order valence-electron chi connectivity index (χ0n) is 21.9. The molecule has 1 aliphatic rings. The van der Waals surface area contributed by atoms with Crippen molar-refractivity contribution < 1.29 is 23.4 Å². The van der Waals surface area contributed by atoms with Crippen LogP contribution in [0.15, 0.2) is 89.4 Å². The Hall–Kier alpha value is -2.29. The van der Waals surface area contributed by atoms with Crippen LogP contribution in [0, 0.1) is 0 Å². The van der Waals surface area contributed by atoms with Gasteiger partial charge >= 0.3 is 5.97 Å². The van der Waals surface area contributed by atoms with E-state index in [2.05, 4.69) is 85.2 Å². The Morgan fingerprint density at radius 1 is 0.946 bits per heavy atom. The fourth-order valence-corrected chi connectivity index (χ4v) is 9.83. The Morgan fingerprint density at radius 2 is 1.51 bits per heavy atom. The highest BCUT2D eigenvalue weighted by molar-refractivity contribution is 9.10. The summed E-state index contributed by atoms with van der Waals surface area (Å²) in [6, 6.07) is 28.9. The monoisotopic (exact) mass is 582 g/mol. The van der Waals surface area contributed by atoms with Gasteiger partial charge in [-0.2, -0.15) is 0 Å². The third kappa shape index (κ3) is 6.59. The van der Waals surface area contributed by atoms with E-state index in [1.165, 1.54) is 7.11 Å². The summed E-state index contributed by atoms with van der Waals surface area (Å²) in [5, 5.41) is 2.10. The van der Waals surface area contributed by atoms with Crippen molar-refractivity contribution in [3.05, 3.63) is 95.0 Å². The van der Waals surface area contributed by atoms with Gasteiger partial charge in [-0.25, -0.2) is 0 Å². The van der Waals surface area contributed by atoms with Gasteiger partial charge in [-0.3, -0.25) is 4.79 Å². The molecule has 196 valence electrons. The van der Waals surface area contributed by atoms with Crippen LogP contribution in [0.4, 0.5) is 0 Å². The molecule has 1 saturated heterocycles. The van der Waals surface area contributed by atoms with Crippen LogP contribution < -0.4 is 10.4 Å². The predicted octanol–water partition coefficient (Wildman–Crippen LogP) is 5.24. The van der Waals surface area contributed by atoms with Crippen LogP contribution >= 0.6 is 15.9 Å². The zero-order chi connectivity index (χ0) is 26.5. The summed E-state index contributed by atoms with van der Waals surface area (Å²) in [6.07, 6.45) is -0.719. The quantitative estimate of drug-likeness (QED) is 0.176. The van der Waals surface area contributed by atoms with Gasteiger partial charge in [-0.05, 0) is 33.1 Å². The fraction of sp³-hybridized carbons (Fsp3) is 0.367. The number of hydrogen-bond donors (Lipinski definition) is 0. The number of methoxy groups -OCH3 is 1. The Balaban J connectivity index is 1.59. The highest BCUT2D eigenvalue weighted by atomic mass is 79.9. The molecule has 0 saturated carbocycles. The normalized spacial score (nSPS) is 18.3. The highest BCUT2D eigenvalue weighted by Crippen LogP contribution is 2.40. The second-order valence-electron chi connectivity index (χ2n) is 10.4. The van der Waals surface area contributed by atoms with E-state index >= 15 is 0 Å². The summed E-state index contributed by atoms with van der Waals surface area (Å²) >= 11 is 3.46. The molecule has 0 amide bonds. The van der Waals surface area contributed by atoms with Crippen LogP contribution in [0.2, 0.25) is 5.04 Å². The largest absolute Gasteiger partial charge is 0.469 e. The molecule has 0 aliphatic carbocycles. The number of halogens is 1. The predicted molar refractivity (Wildman–Crippen MR) is 152 cm³/mol. The van der Waals surface area contributed by atoms with Crippen LogP contribution in [-0.4, -0.2) is 46.3 Å². The number of epoxide rings is 1. The number of ether oxygens (including phenoxy) is 3. The smallest absolute Gasteiger partial charge is 0.308 e. The number of hydrogen-bond acceptors (Lipinski definition) is 5. The first kappa shape index (κ1) is 27.7. The topological polar surface area (TPSA) is 57.3 Å². The van der Waals surface area contributed by atoms with E-state index in [0.717, 1.165) is 20.4 Å². The molecular weight excluding hydrogens is 548 g/mol. The summed E-state index contributed by atoms with van der Waals surface area (Å²) < 4.78 is 25.4. The minimum absolute atomic E-state index is 0.120. The van der Waals surface area contributed by atoms with Crippen molar-refractivity contribution in [3.63, 3.8) is 0 Å². The Labute approximate surface area is 229 Å². The minimum Gasteiger partial charge on any atom is -0.469 e. The van der Waals surface area contributed by atoms with Gasteiger partial charge < -0.3 is 18.6 Å². The summed E-state index contributed by atoms with van der Waals surface area (Å²) in [5.41, 5.74) is 1.09. The van der Waals surface area contributed by atoms with E-state index in [4.69, 9.17) is 18.6 Å². The molecule has 5 nitrogen and oxygen atoms in total. The summed E-state index contributed by atoms with van der Waals surface area (Å²) in [7, 11) is -1.46. The fourth-order valence-electron chi connectivity index (χ4n) is 4.88. The van der Waals surface area contributed by atoms with Gasteiger partial charge in [0.1, 0.15) is 12.2 Å². The van der Waals surface area contributed by atoms with E-state index in [9.17, 15) is 4.79 Å². The van der Waals surface area contributed by atoms with Crippen LogP contribution in [0.1, 0.15) is 32.8 Å². The van der Waals surface area contributed by atoms with Gasteiger partial charge in [-0.1, -0.05) is 109 Å². The number of benzene rings is 3. The average molecular weight is 584 g/mol. The van der Waals surface area contributed by atoms with Crippen molar-refractivity contribution in [1.82, 2.24) is 0 Å². The molecular formula is C30H35BrO5Si. The van der Waals surface area contributed by atoms with E-state index in [1.807, 2.05) is 36.4 Å². The second-order valence-corrected chi connectivity index (χ2v) is 15.5. The Kier molecular flexibility index (Phi) is 9.03. The van der Waals surface area contributed by atoms with Crippen LogP contribution in [0.25, 0.3) is 0 Å². The molecule has 3 atom stereocenters. The highest BCUT2D eigenvalue weighted by Gasteiger charge is 2.56. The lowest BCUT2D eigenvalue weighted by molar-refractivity contribution is -0.142. The van der Waals surface area contributed by atoms with Crippen molar-refractivity contribution >= 4 is 40.6 Å². The van der Waals surface area contributed by atoms with Crippen molar-refractivity contribution in [2.24, 2.45) is 0 Å². The van der Waals surface area contributed by atoms with Gasteiger partial charge in [-0.15, -0.1) is 0 Å². The van der Waals surface area contributed by atoms with Gasteiger partial charge in [0, 0.05) is 4.47 Å². The number of carbonyl (C=O) groups excluding carboxylic acids is 1. The Morgan fingerprint density at radius 3 is 2.03 bits per heavy atom. The molecule has 1 aliphatic heterocycles. The summed E-state index contributed by atoms with van der Waals surface area (Å²) in [4.78, 5) is 12.5. The van der Waals surface area contributed by atoms with Gasteiger partial charge in [0.2, 0.25) is 0 Å². The lowest BCUT2D eigenvalue weighted by atomic mass is 10.1. The molecule has 0 spiro atoms.